The van der Waals surface area contributed by atoms with Crippen molar-refractivity contribution in [2.24, 2.45) is 0 Å². The Morgan fingerprint density at radius 2 is 1.62 bits per heavy atom. The fourth-order valence-corrected chi connectivity index (χ4v) is 5.12. The summed E-state index contributed by atoms with van der Waals surface area (Å²) in [6.45, 7) is 0.0612. The van der Waals surface area contributed by atoms with Gasteiger partial charge in [0.15, 0.2) is 5.13 Å². The standard InChI is InChI=1S/C19H14ClN3O4S2/c20-9-13-11-28-19(21-13)22-29(26,27)14-7-5-12(6-8-14)10-23-17(24)15-3-1-2-4-16(15)18(23)25/h1-8,11H,9-10H2,(H,21,22). The minimum absolute atomic E-state index is 0.0474. The van der Waals surface area contributed by atoms with E-state index < -0.39 is 10.0 Å². The molecule has 0 spiro atoms. The molecular formula is C19H14ClN3O4S2. The number of aromatic nitrogens is 1. The number of hydrogen-bond acceptors (Lipinski definition) is 6. The van der Waals surface area contributed by atoms with Gasteiger partial charge in [0.2, 0.25) is 0 Å². The second-order valence-electron chi connectivity index (χ2n) is 6.27. The van der Waals surface area contributed by atoms with Gasteiger partial charge in [-0.15, -0.1) is 22.9 Å². The summed E-state index contributed by atoms with van der Waals surface area (Å²) in [5.41, 5.74) is 1.98. The van der Waals surface area contributed by atoms with Crippen molar-refractivity contribution in [1.82, 2.24) is 9.88 Å². The third kappa shape index (κ3) is 3.76. The molecule has 3 aromatic rings. The number of nitrogens with one attached hydrogen (secondary N) is 1. The summed E-state index contributed by atoms with van der Waals surface area (Å²) in [6.07, 6.45) is 0. The second kappa shape index (κ2) is 7.58. The highest BCUT2D eigenvalue weighted by molar-refractivity contribution is 7.93. The van der Waals surface area contributed by atoms with E-state index in [9.17, 15) is 18.0 Å². The smallest absolute Gasteiger partial charge is 0.263 e. The van der Waals surface area contributed by atoms with Crippen LogP contribution in [0, 0.1) is 0 Å². The maximum atomic E-state index is 12.5. The zero-order valence-corrected chi connectivity index (χ0v) is 17.2. The van der Waals surface area contributed by atoms with Crippen molar-refractivity contribution in [3.8, 4) is 0 Å². The minimum atomic E-state index is -3.81. The zero-order chi connectivity index (χ0) is 20.6. The average Bonchev–Trinajstić information content (AvgIpc) is 3.26. The molecule has 148 valence electrons. The monoisotopic (exact) mass is 447 g/mol. The Morgan fingerprint density at radius 3 is 2.17 bits per heavy atom. The van der Waals surface area contributed by atoms with E-state index in [0.717, 1.165) is 16.2 Å². The fraction of sp³-hybridized carbons (Fsp3) is 0.105. The zero-order valence-electron chi connectivity index (χ0n) is 14.8. The van der Waals surface area contributed by atoms with Gasteiger partial charge >= 0.3 is 0 Å². The minimum Gasteiger partial charge on any atom is -0.270 e. The fourth-order valence-electron chi connectivity index (χ4n) is 2.93. The molecule has 0 bridgehead atoms. The number of nitrogens with zero attached hydrogens (tertiary/aromatic N) is 2. The van der Waals surface area contributed by atoms with Crippen LogP contribution in [0.25, 0.3) is 0 Å². The van der Waals surface area contributed by atoms with Crippen LogP contribution in [0.15, 0.2) is 58.8 Å². The summed E-state index contributed by atoms with van der Waals surface area (Å²) in [7, 11) is -3.81. The SMILES string of the molecule is O=C1c2ccccc2C(=O)N1Cc1ccc(S(=O)(=O)Nc2nc(CCl)cs2)cc1. The Hall–Kier alpha value is -2.75. The van der Waals surface area contributed by atoms with Gasteiger partial charge in [0.05, 0.1) is 34.1 Å². The summed E-state index contributed by atoms with van der Waals surface area (Å²) < 4.78 is 27.4. The number of carbonyl (C=O) groups excluding carboxylic acids is 2. The molecule has 1 aromatic heterocycles. The third-order valence-corrected chi connectivity index (χ3v) is 6.93. The van der Waals surface area contributed by atoms with Gasteiger partial charge in [-0.2, -0.15) is 0 Å². The largest absolute Gasteiger partial charge is 0.270 e. The van der Waals surface area contributed by atoms with Crippen LogP contribution in [0.4, 0.5) is 5.13 Å². The summed E-state index contributed by atoms with van der Waals surface area (Å²) in [4.78, 5) is 30.2. The molecule has 29 heavy (non-hydrogen) atoms. The Balaban J connectivity index is 1.50. The number of sulfonamides is 1. The molecule has 4 rings (SSSR count). The van der Waals surface area contributed by atoms with Crippen molar-refractivity contribution in [3.05, 3.63) is 76.3 Å². The van der Waals surface area contributed by atoms with E-state index in [1.807, 2.05) is 0 Å². The lowest BCUT2D eigenvalue weighted by Crippen LogP contribution is -2.29. The van der Waals surface area contributed by atoms with Crippen LogP contribution in [0.5, 0.6) is 0 Å². The molecule has 2 heterocycles. The molecule has 0 saturated heterocycles. The number of fused-ring (bicyclic) bond motifs is 1. The van der Waals surface area contributed by atoms with Gasteiger partial charge in [-0.1, -0.05) is 24.3 Å². The normalized spacial score (nSPS) is 13.6. The molecule has 10 heteroatoms. The number of halogens is 1. The van der Waals surface area contributed by atoms with Crippen molar-refractivity contribution < 1.29 is 18.0 Å². The lowest BCUT2D eigenvalue weighted by Gasteiger charge is -2.14. The van der Waals surface area contributed by atoms with Crippen molar-refractivity contribution in [2.75, 3.05) is 4.72 Å². The first kappa shape index (κ1) is 19.6. The summed E-state index contributed by atoms with van der Waals surface area (Å²) >= 11 is 6.83. The first-order valence-electron chi connectivity index (χ1n) is 8.46. The van der Waals surface area contributed by atoms with Gasteiger partial charge in [0.1, 0.15) is 0 Å². The van der Waals surface area contributed by atoms with Crippen LogP contribution in [0.1, 0.15) is 32.0 Å². The molecule has 7 nitrogen and oxygen atoms in total. The van der Waals surface area contributed by atoms with Crippen molar-refractivity contribution in [1.29, 1.82) is 0 Å². The highest BCUT2D eigenvalue weighted by atomic mass is 35.5. The highest BCUT2D eigenvalue weighted by Gasteiger charge is 2.34. The van der Waals surface area contributed by atoms with Crippen LogP contribution in [-0.2, 0) is 22.4 Å². The number of carbonyl (C=O) groups is 2. The Morgan fingerprint density at radius 1 is 1.00 bits per heavy atom. The molecule has 1 N–H and O–H groups in total. The molecule has 0 fully saturated rings. The van der Waals surface area contributed by atoms with Crippen LogP contribution in [0.3, 0.4) is 0 Å². The molecule has 0 atom stereocenters. The second-order valence-corrected chi connectivity index (χ2v) is 9.08. The summed E-state index contributed by atoms with van der Waals surface area (Å²) in [6, 6.07) is 12.6. The topological polar surface area (TPSA) is 96.4 Å². The maximum absolute atomic E-state index is 12.5. The van der Waals surface area contributed by atoms with E-state index in [2.05, 4.69) is 9.71 Å². The van der Waals surface area contributed by atoms with Gasteiger partial charge in [-0.3, -0.25) is 19.2 Å². The number of rotatable bonds is 6. The lowest BCUT2D eigenvalue weighted by molar-refractivity contribution is 0.0642. The number of anilines is 1. The van der Waals surface area contributed by atoms with Crippen molar-refractivity contribution >= 4 is 49.9 Å². The van der Waals surface area contributed by atoms with Crippen LogP contribution in [-0.4, -0.2) is 30.1 Å². The quantitative estimate of drug-likeness (QED) is 0.461. The van der Waals surface area contributed by atoms with E-state index >= 15 is 0 Å². The number of imide groups is 1. The Bertz CT molecular complexity index is 1170. The molecule has 2 amide bonds. The number of hydrogen-bond donors (Lipinski definition) is 1. The first-order chi connectivity index (χ1) is 13.9. The van der Waals surface area contributed by atoms with E-state index in [4.69, 9.17) is 11.6 Å². The number of thiazole rings is 1. The molecule has 0 aliphatic carbocycles. The summed E-state index contributed by atoms with van der Waals surface area (Å²) in [5, 5.41) is 1.91. The summed E-state index contributed by atoms with van der Waals surface area (Å²) in [5.74, 6) is -0.518. The molecule has 1 aliphatic heterocycles. The van der Waals surface area contributed by atoms with Crippen LogP contribution in [0.2, 0.25) is 0 Å². The van der Waals surface area contributed by atoms with Gasteiger partial charge in [0.25, 0.3) is 21.8 Å². The molecule has 0 unspecified atom stereocenters. The van der Waals surface area contributed by atoms with E-state index in [1.165, 1.54) is 12.1 Å². The van der Waals surface area contributed by atoms with Gasteiger partial charge in [-0.25, -0.2) is 13.4 Å². The number of alkyl halides is 1. The lowest BCUT2D eigenvalue weighted by atomic mass is 10.1. The first-order valence-corrected chi connectivity index (χ1v) is 11.4. The van der Waals surface area contributed by atoms with Gasteiger partial charge in [-0.05, 0) is 29.8 Å². The molecule has 1 aliphatic rings. The molecule has 0 radical (unpaired) electrons. The number of benzene rings is 2. The molecule has 2 aromatic carbocycles. The highest BCUT2D eigenvalue weighted by Crippen LogP contribution is 2.25. The van der Waals surface area contributed by atoms with E-state index in [1.54, 1.807) is 41.8 Å². The van der Waals surface area contributed by atoms with E-state index in [-0.39, 0.29) is 34.3 Å². The van der Waals surface area contributed by atoms with Crippen molar-refractivity contribution in [2.45, 2.75) is 17.3 Å². The van der Waals surface area contributed by atoms with Gasteiger partial charge in [0, 0.05) is 5.38 Å². The van der Waals surface area contributed by atoms with E-state index in [0.29, 0.717) is 22.4 Å². The van der Waals surface area contributed by atoms with Crippen molar-refractivity contribution in [3.63, 3.8) is 0 Å². The maximum Gasteiger partial charge on any atom is 0.263 e. The predicted molar refractivity (Wildman–Crippen MR) is 110 cm³/mol. The Labute approximate surface area is 176 Å². The number of amides is 2. The third-order valence-electron chi connectivity index (χ3n) is 4.36. The molecule has 0 saturated carbocycles. The van der Waals surface area contributed by atoms with Gasteiger partial charge < -0.3 is 0 Å². The Kier molecular flexibility index (Phi) is 5.12. The van der Waals surface area contributed by atoms with Crippen LogP contribution < -0.4 is 4.72 Å². The van der Waals surface area contributed by atoms with Crippen LogP contribution >= 0.6 is 22.9 Å². The molecular weight excluding hydrogens is 434 g/mol. The predicted octanol–water partition coefficient (Wildman–Crippen LogP) is 3.48. The average molecular weight is 448 g/mol.